The van der Waals surface area contributed by atoms with Crippen molar-refractivity contribution in [3.05, 3.63) is 53.6 Å². The summed E-state index contributed by atoms with van der Waals surface area (Å²) in [5.41, 5.74) is 1.80. The molecule has 0 bridgehead atoms. The fraction of sp³-hybridized carbons (Fsp3) is 0.263. The number of thioether (sulfide) groups is 1. The molecule has 0 fully saturated rings. The number of nitrogens with zero attached hydrogens (tertiary/aromatic N) is 1. The number of halogens is 1. The minimum Gasteiger partial charge on any atom is -0.373 e. The minimum absolute atomic E-state index is 0.128. The topological polar surface area (TPSA) is 61.4 Å². The molecule has 2 N–H and O–H groups in total. The highest BCUT2D eigenvalue weighted by molar-refractivity contribution is 8.01. The van der Waals surface area contributed by atoms with Crippen molar-refractivity contribution in [2.45, 2.75) is 16.6 Å². The summed E-state index contributed by atoms with van der Waals surface area (Å²) in [5, 5.41) is 5.85. The molecule has 0 spiro atoms. The lowest BCUT2D eigenvalue weighted by Gasteiger charge is -2.24. The Morgan fingerprint density at radius 2 is 2.04 bits per heavy atom. The van der Waals surface area contributed by atoms with Gasteiger partial charge in [0.25, 0.3) is 0 Å². The second-order valence-electron chi connectivity index (χ2n) is 6.05. The highest BCUT2D eigenvalue weighted by Crippen LogP contribution is 2.38. The highest BCUT2D eigenvalue weighted by Gasteiger charge is 2.29. The van der Waals surface area contributed by atoms with Crippen molar-refractivity contribution in [3.63, 3.8) is 0 Å². The minimum atomic E-state index is -0.435. The predicted molar refractivity (Wildman–Crippen MR) is 107 cm³/mol. The maximum Gasteiger partial charge on any atom is 0.238 e. The first-order chi connectivity index (χ1) is 12.5. The fourth-order valence-corrected chi connectivity index (χ4v) is 3.94. The highest BCUT2D eigenvalue weighted by atomic mass is 35.5. The molecule has 0 saturated carbocycles. The molecule has 0 aromatic heterocycles. The van der Waals surface area contributed by atoms with Crippen LogP contribution < -0.4 is 15.5 Å². The predicted octanol–water partition coefficient (Wildman–Crippen LogP) is 3.40. The summed E-state index contributed by atoms with van der Waals surface area (Å²) < 4.78 is 0. The van der Waals surface area contributed by atoms with E-state index >= 15 is 0 Å². The third-order valence-corrected chi connectivity index (χ3v) is 5.61. The molecule has 1 aliphatic rings. The molecule has 5 nitrogen and oxygen atoms in total. The van der Waals surface area contributed by atoms with Gasteiger partial charge in [0.2, 0.25) is 11.8 Å². The molecule has 2 aromatic rings. The Labute approximate surface area is 162 Å². The number of benzene rings is 2. The number of fused-ring (bicyclic) bond motifs is 1. The van der Waals surface area contributed by atoms with Gasteiger partial charge < -0.3 is 15.5 Å². The Kier molecular flexibility index (Phi) is 6.06. The van der Waals surface area contributed by atoms with Gasteiger partial charge in [-0.05, 0) is 30.3 Å². The van der Waals surface area contributed by atoms with Crippen LogP contribution in [0.15, 0.2) is 53.4 Å². The lowest BCUT2D eigenvalue weighted by Crippen LogP contribution is -2.37. The van der Waals surface area contributed by atoms with Crippen LogP contribution in [0.5, 0.6) is 0 Å². The molecule has 1 atom stereocenters. The van der Waals surface area contributed by atoms with Crippen molar-refractivity contribution in [1.82, 2.24) is 5.32 Å². The molecule has 7 heteroatoms. The van der Waals surface area contributed by atoms with E-state index in [9.17, 15) is 9.59 Å². The quantitative estimate of drug-likeness (QED) is 0.794. The van der Waals surface area contributed by atoms with Crippen LogP contribution in [-0.2, 0) is 9.59 Å². The first-order valence-electron chi connectivity index (χ1n) is 8.33. The number of para-hydroxylation sites is 1. The molecule has 2 amide bonds. The van der Waals surface area contributed by atoms with Gasteiger partial charge in [-0.1, -0.05) is 29.8 Å². The zero-order valence-corrected chi connectivity index (χ0v) is 15.9. The number of nitrogens with one attached hydrogen (secondary N) is 2. The average Bonchev–Trinajstić information content (AvgIpc) is 2.63. The zero-order valence-electron chi connectivity index (χ0n) is 14.4. The number of anilines is 2. The lowest BCUT2D eigenvalue weighted by atomic mass is 10.2. The van der Waals surface area contributed by atoms with E-state index in [0.717, 1.165) is 10.6 Å². The molecule has 1 heterocycles. The second-order valence-corrected chi connectivity index (χ2v) is 7.73. The van der Waals surface area contributed by atoms with E-state index in [1.807, 2.05) is 43.4 Å². The van der Waals surface area contributed by atoms with Gasteiger partial charge in [0.05, 0.1) is 10.9 Å². The van der Waals surface area contributed by atoms with Gasteiger partial charge >= 0.3 is 0 Å². The van der Waals surface area contributed by atoms with E-state index in [0.29, 0.717) is 23.8 Å². The monoisotopic (exact) mass is 389 g/mol. The number of carbonyl (C=O) groups is 2. The van der Waals surface area contributed by atoms with E-state index < -0.39 is 5.25 Å². The Morgan fingerprint density at radius 1 is 1.27 bits per heavy atom. The van der Waals surface area contributed by atoms with Gasteiger partial charge in [0, 0.05) is 42.2 Å². The average molecular weight is 390 g/mol. The van der Waals surface area contributed by atoms with Crippen LogP contribution in [0, 0.1) is 0 Å². The molecular weight excluding hydrogens is 370 g/mol. The summed E-state index contributed by atoms with van der Waals surface area (Å²) >= 11 is 7.34. The molecule has 2 aromatic carbocycles. The van der Waals surface area contributed by atoms with Crippen LogP contribution in [0.4, 0.5) is 11.4 Å². The SMILES string of the molecule is CN(CCNC(=O)CC1Sc2ccc(Cl)cc2NC1=O)c1ccccc1. The fourth-order valence-electron chi connectivity index (χ4n) is 2.67. The van der Waals surface area contributed by atoms with Crippen molar-refractivity contribution in [2.75, 3.05) is 30.4 Å². The standard InChI is InChI=1S/C19H20ClN3O2S/c1-23(14-5-3-2-4-6-14)10-9-21-18(24)12-17-19(25)22-15-11-13(20)7-8-16(15)26-17/h2-8,11,17H,9-10,12H2,1H3,(H,21,24)(H,22,25). The largest absolute Gasteiger partial charge is 0.373 e. The van der Waals surface area contributed by atoms with Crippen LogP contribution in [0.3, 0.4) is 0 Å². The van der Waals surface area contributed by atoms with Crippen LogP contribution in [-0.4, -0.2) is 37.2 Å². The lowest BCUT2D eigenvalue weighted by molar-refractivity contribution is -0.124. The Bertz CT molecular complexity index is 801. The molecule has 136 valence electrons. The van der Waals surface area contributed by atoms with Gasteiger partial charge in [-0.15, -0.1) is 11.8 Å². The molecule has 0 aliphatic carbocycles. The number of hydrogen-bond acceptors (Lipinski definition) is 4. The van der Waals surface area contributed by atoms with Crippen molar-refractivity contribution in [2.24, 2.45) is 0 Å². The Morgan fingerprint density at radius 3 is 2.81 bits per heavy atom. The Hall–Kier alpha value is -2.18. The van der Waals surface area contributed by atoms with Crippen LogP contribution in [0.25, 0.3) is 0 Å². The molecule has 0 saturated heterocycles. The van der Waals surface area contributed by atoms with Gasteiger partial charge in [0.1, 0.15) is 0 Å². The van der Waals surface area contributed by atoms with Gasteiger partial charge in [-0.2, -0.15) is 0 Å². The number of hydrogen-bond donors (Lipinski definition) is 2. The number of likely N-dealkylation sites (N-methyl/N-ethyl adjacent to an activating group) is 1. The van der Waals surface area contributed by atoms with Gasteiger partial charge in [-0.25, -0.2) is 0 Å². The number of amides is 2. The normalized spacial score (nSPS) is 15.8. The van der Waals surface area contributed by atoms with Crippen molar-refractivity contribution in [3.8, 4) is 0 Å². The van der Waals surface area contributed by atoms with Gasteiger partial charge in [-0.3, -0.25) is 9.59 Å². The second kappa shape index (κ2) is 8.47. The summed E-state index contributed by atoms with van der Waals surface area (Å²) in [4.78, 5) is 27.4. The van der Waals surface area contributed by atoms with Crippen molar-refractivity contribution in [1.29, 1.82) is 0 Å². The van der Waals surface area contributed by atoms with E-state index in [-0.39, 0.29) is 18.2 Å². The van der Waals surface area contributed by atoms with Crippen LogP contribution in [0.2, 0.25) is 5.02 Å². The Balaban J connectivity index is 1.48. The van der Waals surface area contributed by atoms with E-state index in [1.54, 1.807) is 12.1 Å². The number of rotatable bonds is 6. The van der Waals surface area contributed by atoms with Crippen LogP contribution in [0.1, 0.15) is 6.42 Å². The molecule has 1 aliphatic heterocycles. The third kappa shape index (κ3) is 4.71. The maximum atomic E-state index is 12.2. The molecule has 3 rings (SSSR count). The first-order valence-corrected chi connectivity index (χ1v) is 9.58. The maximum absolute atomic E-state index is 12.2. The third-order valence-electron chi connectivity index (χ3n) is 4.10. The zero-order chi connectivity index (χ0) is 18.5. The summed E-state index contributed by atoms with van der Waals surface area (Å²) in [7, 11) is 1.98. The van der Waals surface area contributed by atoms with Crippen LogP contribution >= 0.6 is 23.4 Å². The summed E-state index contributed by atoms with van der Waals surface area (Å²) in [5.74, 6) is -0.294. The summed E-state index contributed by atoms with van der Waals surface area (Å²) in [6, 6.07) is 15.3. The summed E-state index contributed by atoms with van der Waals surface area (Å²) in [6.45, 7) is 1.22. The molecule has 0 radical (unpaired) electrons. The smallest absolute Gasteiger partial charge is 0.238 e. The molecular formula is C19H20ClN3O2S. The van der Waals surface area contributed by atoms with E-state index in [1.165, 1.54) is 11.8 Å². The van der Waals surface area contributed by atoms with Crippen molar-refractivity contribution < 1.29 is 9.59 Å². The first kappa shape index (κ1) is 18.6. The summed E-state index contributed by atoms with van der Waals surface area (Å²) in [6.07, 6.45) is 0.146. The van der Waals surface area contributed by atoms with E-state index in [2.05, 4.69) is 15.5 Å². The van der Waals surface area contributed by atoms with Gasteiger partial charge in [0.15, 0.2) is 0 Å². The van der Waals surface area contributed by atoms with Crippen molar-refractivity contribution >= 4 is 46.6 Å². The van der Waals surface area contributed by atoms with E-state index in [4.69, 9.17) is 11.6 Å². The molecule has 1 unspecified atom stereocenters. The number of carbonyl (C=O) groups excluding carboxylic acids is 2. The molecule has 26 heavy (non-hydrogen) atoms.